The second-order valence-corrected chi connectivity index (χ2v) is 6.36. The molecule has 1 N–H and O–H groups in total. The van der Waals surface area contributed by atoms with Crippen molar-refractivity contribution in [3.63, 3.8) is 0 Å². The SMILES string of the molecule is CC[C@@H]1Oc2nc([N+](=O)[O-])cn2C[C@@H]1NCCc1ccc(OC(F)(F)F)cc1. The Morgan fingerprint density at radius 1 is 1.39 bits per heavy atom. The minimum absolute atomic E-state index is 0.0702. The lowest BCUT2D eigenvalue weighted by Crippen LogP contribution is -2.49. The van der Waals surface area contributed by atoms with Gasteiger partial charge < -0.3 is 24.9 Å². The highest BCUT2D eigenvalue weighted by Crippen LogP contribution is 2.26. The summed E-state index contributed by atoms with van der Waals surface area (Å²) in [6.45, 7) is 2.99. The van der Waals surface area contributed by atoms with E-state index in [0.29, 0.717) is 25.9 Å². The zero-order valence-corrected chi connectivity index (χ0v) is 15.0. The highest BCUT2D eigenvalue weighted by atomic mass is 19.4. The largest absolute Gasteiger partial charge is 0.573 e. The Labute approximate surface area is 158 Å². The van der Waals surface area contributed by atoms with Crippen LogP contribution in [0.2, 0.25) is 0 Å². The number of ether oxygens (including phenoxy) is 2. The van der Waals surface area contributed by atoms with E-state index in [4.69, 9.17) is 4.74 Å². The smallest absolute Gasteiger partial charge is 0.441 e. The normalized spacial score (nSPS) is 19.0. The molecule has 1 aromatic carbocycles. The second kappa shape index (κ2) is 8.05. The first kappa shape index (κ1) is 19.9. The quantitative estimate of drug-likeness (QED) is 0.567. The number of imidazole rings is 1. The maximum atomic E-state index is 12.2. The lowest BCUT2D eigenvalue weighted by atomic mass is 10.1. The Kier molecular flexibility index (Phi) is 5.73. The van der Waals surface area contributed by atoms with Gasteiger partial charge in [0.25, 0.3) is 0 Å². The summed E-state index contributed by atoms with van der Waals surface area (Å²) < 4.78 is 47.8. The van der Waals surface area contributed by atoms with Gasteiger partial charge in [0.05, 0.1) is 6.04 Å². The van der Waals surface area contributed by atoms with Crippen LogP contribution in [0.4, 0.5) is 19.0 Å². The number of aromatic nitrogens is 2. The first-order valence-corrected chi connectivity index (χ1v) is 8.71. The van der Waals surface area contributed by atoms with Crippen molar-refractivity contribution in [1.29, 1.82) is 0 Å². The van der Waals surface area contributed by atoms with Crippen molar-refractivity contribution < 1.29 is 27.6 Å². The molecule has 152 valence electrons. The number of halogens is 3. The molecule has 2 aromatic rings. The van der Waals surface area contributed by atoms with E-state index in [9.17, 15) is 23.3 Å². The maximum absolute atomic E-state index is 12.2. The number of alkyl halides is 3. The third-order valence-corrected chi connectivity index (χ3v) is 4.39. The first-order valence-electron chi connectivity index (χ1n) is 8.71. The van der Waals surface area contributed by atoms with Gasteiger partial charge in [-0.15, -0.1) is 13.2 Å². The van der Waals surface area contributed by atoms with Gasteiger partial charge in [-0.3, -0.25) is 4.57 Å². The molecule has 11 heteroatoms. The summed E-state index contributed by atoms with van der Waals surface area (Å²) in [6.07, 6.45) is -2.26. The predicted octanol–water partition coefficient (Wildman–Crippen LogP) is 3.06. The molecule has 0 saturated heterocycles. The van der Waals surface area contributed by atoms with Crippen LogP contribution in [-0.4, -0.2) is 39.5 Å². The molecule has 2 heterocycles. The van der Waals surface area contributed by atoms with Gasteiger partial charge in [-0.2, -0.15) is 0 Å². The van der Waals surface area contributed by atoms with Crippen LogP contribution in [0.3, 0.4) is 0 Å². The van der Waals surface area contributed by atoms with Gasteiger partial charge in [0.2, 0.25) is 0 Å². The summed E-state index contributed by atoms with van der Waals surface area (Å²) >= 11 is 0. The summed E-state index contributed by atoms with van der Waals surface area (Å²) in [5.41, 5.74) is 0.853. The van der Waals surface area contributed by atoms with Gasteiger partial charge in [0.1, 0.15) is 18.1 Å². The molecule has 1 aromatic heterocycles. The first-order chi connectivity index (χ1) is 13.2. The highest BCUT2D eigenvalue weighted by molar-refractivity contribution is 5.27. The maximum Gasteiger partial charge on any atom is 0.573 e. The molecule has 3 rings (SSSR count). The summed E-state index contributed by atoms with van der Waals surface area (Å²) in [5.74, 6) is -0.517. The van der Waals surface area contributed by atoms with Crippen LogP contribution < -0.4 is 14.8 Å². The summed E-state index contributed by atoms with van der Waals surface area (Å²) in [4.78, 5) is 14.2. The van der Waals surface area contributed by atoms with E-state index in [1.165, 1.54) is 18.3 Å². The molecule has 8 nitrogen and oxygen atoms in total. The molecular formula is C17H19F3N4O4. The molecule has 0 aliphatic carbocycles. The van der Waals surface area contributed by atoms with Gasteiger partial charge in [-0.25, -0.2) is 0 Å². The molecule has 0 radical (unpaired) electrons. The number of nitrogens with one attached hydrogen (secondary N) is 1. The lowest BCUT2D eigenvalue weighted by Gasteiger charge is -2.31. The minimum Gasteiger partial charge on any atom is -0.441 e. The molecule has 0 unspecified atom stereocenters. The van der Waals surface area contributed by atoms with Crippen LogP contribution in [0.25, 0.3) is 0 Å². The van der Waals surface area contributed by atoms with Crippen LogP contribution in [0.15, 0.2) is 30.5 Å². The van der Waals surface area contributed by atoms with Crippen LogP contribution in [0, 0.1) is 10.1 Å². The predicted molar refractivity (Wildman–Crippen MR) is 92.2 cm³/mol. The van der Waals surface area contributed by atoms with Crippen molar-refractivity contribution in [2.45, 2.75) is 44.8 Å². The Hall–Kier alpha value is -2.82. The Bertz CT molecular complexity index is 823. The molecule has 0 saturated carbocycles. The van der Waals surface area contributed by atoms with E-state index in [1.54, 1.807) is 16.7 Å². The van der Waals surface area contributed by atoms with Gasteiger partial charge in [-0.05, 0) is 42.0 Å². The Morgan fingerprint density at radius 3 is 2.71 bits per heavy atom. The van der Waals surface area contributed by atoms with E-state index >= 15 is 0 Å². The van der Waals surface area contributed by atoms with Gasteiger partial charge >= 0.3 is 18.2 Å². The van der Waals surface area contributed by atoms with E-state index < -0.39 is 11.3 Å². The van der Waals surface area contributed by atoms with Gasteiger partial charge in [0.15, 0.2) is 0 Å². The van der Waals surface area contributed by atoms with E-state index in [0.717, 1.165) is 5.56 Å². The third-order valence-electron chi connectivity index (χ3n) is 4.39. The Morgan fingerprint density at radius 2 is 2.11 bits per heavy atom. The molecule has 0 spiro atoms. The number of fused-ring (bicyclic) bond motifs is 1. The number of benzene rings is 1. The van der Waals surface area contributed by atoms with Gasteiger partial charge in [-0.1, -0.05) is 19.1 Å². The molecule has 28 heavy (non-hydrogen) atoms. The molecule has 1 aliphatic heterocycles. The molecule has 0 bridgehead atoms. The van der Waals surface area contributed by atoms with Crippen molar-refractivity contribution in [3.8, 4) is 11.8 Å². The zero-order valence-electron chi connectivity index (χ0n) is 15.0. The number of hydrogen-bond donors (Lipinski definition) is 1. The van der Waals surface area contributed by atoms with Crippen molar-refractivity contribution >= 4 is 5.82 Å². The summed E-state index contributed by atoms with van der Waals surface area (Å²) in [7, 11) is 0. The summed E-state index contributed by atoms with van der Waals surface area (Å²) in [5, 5.41) is 14.2. The fourth-order valence-corrected chi connectivity index (χ4v) is 3.07. The number of hydrogen-bond acceptors (Lipinski definition) is 6. The van der Waals surface area contributed by atoms with E-state index in [-0.39, 0.29) is 29.7 Å². The second-order valence-electron chi connectivity index (χ2n) is 6.36. The highest BCUT2D eigenvalue weighted by Gasteiger charge is 2.34. The monoisotopic (exact) mass is 400 g/mol. The van der Waals surface area contributed by atoms with Crippen molar-refractivity contribution in [3.05, 3.63) is 46.1 Å². The molecule has 1 aliphatic rings. The molecular weight excluding hydrogens is 381 g/mol. The average molecular weight is 400 g/mol. The number of nitrogens with zero attached hydrogens (tertiary/aromatic N) is 3. The lowest BCUT2D eigenvalue weighted by molar-refractivity contribution is -0.389. The molecule has 2 atom stereocenters. The van der Waals surface area contributed by atoms with Crippen molar-refractivity contribution in [2.24, 2.45) is 0 Å². The standard InChI is InChI=1S/C17H19F3N4O4/c1-2-14-13(9-23-10-15(24(25)26)22-16(23)27-14)21-8-7-11-3-5-12(6-4-11)28-17(18,19)20/h3-6,10,13-14,21H,2,7-9H2,1H3/t13-,14-/m0/s1. The fraction of sp³-hybridized carbons (Fsp3) is 0.471. The van der Waals surface area contributed by atoms with Gasteiger partial charge in [0, 0.05) is 11.5 Å². The summed E-state index contributed by atoms with van der Waals surface area (Å²) in [6, 6.07) is 5.87. The van der Waals surface area contributed by atoms with Crippen LogP contribution >= 0.6 is 0 Å². The third kappa shape index (κ3) is 4.91. The van der Waals surface area contributed by atoms with Crippen molar-refractivity contribution in [1.82, 2.24) is 14.9 Å². The van der Waals surface area contributed by atoms with Crippen LogP contribution in [0.5, 0.6) is 11.8 Å². The van der Waals surface area contributed by atoms with E-state index in [1.807, 2.05) is 6.92 Å². The Balaban J connectivity index is 1.55. The topological polar surface area (TPSA) is 91.5 Å². The van der Waals surface area contributed by atoms with E-state index in [2.05, 4.69) is 15.0 Å². The number of nitro groups is 1. The van der Waals surface area contributed by atoms with Crippen LogP contribution in [-0.2, 0) is 13.0 Å². The molecule has 0 amide bonds. The fourth-order valence-electron chi connectivity index (χ4n) is 3.07. The zero-order chi connectivity index (χ0) is 20.3. The van der Waals surface area contributed by atoms with Crippen molar-refractivity contribution in [2.75, 3.05) is 6.54 Å². The molecule has 0 fully saturated rings. The minimum atomic E-state index is -4.71. The van der Waals surface area contributed by atoms with Crippen LogP contribution in [0.1, 0.15) is 18.9 Å². The average Bonchev–Trinajstić information content (AvgIpc) is 3.04. The number of rotatable bonds is 7.